The molecule has 1 aliphatic rings. The molecule has 116 valence electrons. The number of fused-ring (bicyclic) bond motifs is 1. The van der Waals surface area contributed by atoms with Crippen molar-refractivity contribution in [3.8, 4) is 22.3 Å². The van der Waals surface area contributed by atoms with Crippen LogP contribution in [0.3, 0.4) is 0 Å². The molecule has 0 aliphatic heterocycles. The van der Waals surface area contributed by atoms with Crippen LogP contribution in [-0.4, -0.2) is 15.8 Å². The van der Waals surface area contributed by atoms with E-state index in [1.807, 2.05) is 36.5 Å². The van der Waals surface area contributed by atoms with Gasteiger partial charge in [-0.05, 0) is 42.4 Å². The molecule has 4 heteroatoms. The van der Waals surface area contributed by atoms with Crippen molar-refractivity contribution in [2.24, 2.45) is 0 Å². The van der Waals surface area contributed by atoms with E-state index in [1.165, 1.54) is 0 Å². The molecular formula is C20H14N2OS. The minimum absolute atomic E-state index is 0.190. The zero-order valence-electron chi connectivity index (χ0n) is 13.0. The van der Waals surface area contributed by atoms with E-state index in [2.05, 4.69) is 33.9 Å². The Morgan fingerprint density at radius 1 is 1.00 bits per heavy atom. The summed E-state index contributed by atoms with van der Waals surface area (Å²) in [5.41, 5.74) is 3.47. The van der Waals surface area contributed by atoms with Gasteiger partial charge < -0.3 is 0 Å². The molecule has 2 aromatic heterocycles. The molecule has 24 heavy (non-hydrogen) atoms. The van der Waals surface area contributed by atoms with Gasteiger partial charge in [0.25, 0.3) is 0 Å². The lowest BCUT2D eigenvalue weighted by atomic mass is 9.94. The van der Waals surface area contributed by atoms with Gasteiger partial charge in [0, 0.05) is 18.2 Å². The van der Waals surface area contributed by atoms with Gasteiger partial charge >= 0.3 is 0 Å². The Hall–Kier alpha value is -2.77. The third kappa shape index (κ3) is 2.99. The lowest BCUT2D eigenvalue weighted by Gasteiger charge is -2.12. The number of hydrogen-bond donors (Lipinski definition) is 0. The second-order valence-electron chi connectivity index (χ2n) is 5.61. The number of thiazole rings is 1. The van der Waals surface area contributed by atoms with Crippen LogP contribution in [0.1, 0.15) is 39.6 Å². The fourth-order valence-corrected chi connectivity index (χ4v) is 3.53. The molecule has 0 amide bonds. The molecule has 0 N–H and O–H groups in total. The van der Waals surface area contributed by atoms with Gasteiger partial charge in [-0.1, -0.05) is 30.3 Å². The number of aryl methyl sites for hydroxylation is 1. The summed E-state index contributed by atoms with van der Waals surface area (Å²) in [6, 6.07) is 13.8. The number of pyridine rings is 1. The molecule has 0 radical (unpaired) electrons. The van der Waals surface area contributed by atoms with Gasteiger partial charge in [0.2, 0.25) is 0 Å². The first kappa shape index (κ1) is 14.8. The van der Waals surface area contributed by atoms with Crippen LogP contribution < -0.4 is 0 Å². The van der Waals surface area contributed by atoms with Crippen LogP contribution in [0.5, 0.6) is 0 Å². The van der Waals surface area contributed by atoms with Crippen molar-refractivity contribution in [2.75, 3.05) is 0 Å². The molecule has 0 bridgehead atoms. The second-order valence-corrected chi connectivity index (χ2v) is 6.64. The standard InChI is InChI=1S/C20H14N2OS/c23-18-8-4-7-17-16(18)11-9-15(22-17)10-12-20-21-13-19(24-20)14-5-2-1-3-6-14/h1-3,5-6,9,11,13H,4,7-8H2. The van der Waals surface area contributed by atoms with Crippen LogP contribution in [0, 0.1) is 11.8 Å². The Morgan fingerprint density at radius 3 is 2.75 bits per heavy atom. The van der Waals surface area contributed by atoms with E-state index >= 15 is 0 Å². The number of carbonyl (C=O) groups is 1. The molecule has 1 aromatic carbocycles. The summed E-state index contributed by atoms with van der Waals surface area (Å²) in [5.74, 6) is 6.34. The monoisotopic (exact) mass is 330 g/mol. The molecule has 0 unspecified atom stereocenters. The third-order valence-electron chi connectivity index (χ3n) is 3.95. The molecule has 0 saturated carbocycles. The molecule has 0 spiro atoms. The lowest BCUT2D eigenvalue weighted by molar-refractivity contribution is 0.0971. The largest absolute Gasteiger partial charge is 0.294 e. The Labute approximate surface area is 144 Å². The topological polar surface area (TPSA) is 42.9 Å². The van der Waals surface area contributed by atoms with E-state index in [0.717, 1.165) is 39.5 Å². The normalized spacial score (nSPS) is 13.1. The first-order valence-electron chi connectivity index (χ1n) is 7.86. The molecule has 4 rings (SSSR count). The highest BCUT2D eigenvalue weighted by atomic mass is 32.1. The van der Waals surface area contributed by atoms with Crippen LogP contribution in [0.4, 0.5) is 0 Å². The number of benzene rings is 1. The van der Waals surface area contributed by atoms with Crippen LogP contribution in [0.15, 0.2) is 48.7 Å². The van der Waals surface area contributed by atoms with Crippen molar-refractivity contribution in [2.45, 2.75) is 19.3 Å². The molecule has 3 aromatic rings. The van der Waals surface area contributed by atoms with Gasteiger partial charge in [0.1, 0.15) is 5.69 Å². The number of Topliss-reactive ketones (excluding diaryl/α,β-unsaturated/α-hetero) is 1. The molecule has 0 fully saturated rings. The van der Waals surface area contributed by atoms with E-state index < -0.39 is 0 Å². The summed E-state index contributed by atoms with van der Waals surface area (Å²) in [7, 11) is 0. The van der Waals surface area contributed by atoms with Crippen LogP contribution in [-0.2, 0) is 6.42 Å². The highest BCUT2D eigenvalue weighted by Gasteiger charge is 2.17. The first-order valence-corrected chi connectivity index (χ1v) is 8.68. The van der Waals surface area contributed by atoms with E-state index in [9.17, 15) is 4.79 Å². The fourth-order valence-electron chi connectivity index (χ4n) is 2.75. The SMILES string of the molecule is O=C1CCCc2nc(C#Cc3ncc(-c4ccccc4)s3)ccc21. The van der Waals surface area contributed by atoms with Gasteiger partial charge in [0.05, 0.1) is 10.6 Å². The van der Waals surface area contributed by atoms with E-state index in [1.54, 1.807) is 11.3 Å². The van der Waals surface area contributed by atoms with Gasteiger partial charge in [-0.25, -0.2) is 9.97 Å². The maximum Gasteiger partial charge on any atom is 0.167 e. The Balaban J connectivity index is 1.59. The summed E-state index contributed by atoms with van der Waals surface area (Å²) in [5, 5.41) is 0.768. The number of rotatable bonds is 1. The molecule has 0 atom stereocenters. The second kappa shape index (κ2) is 6.38. The zero-order chi connectivity index (χ0) is 16.4. The first-order chi connectivity index (χ1) is 11.8. The minimum Gasteiger partial charge on any atom is -0.294 e. The highest BCUT2D eigenvalue weighted by Crippen LogP contribution is 2.25. The van der Waals surface area contributed by atoms with Crippen molar-refractivity contribution in [3.63, 3.8) is 0 Å². The van der Waals surface area contributed by atoms with Gasteiger partial charge in [-0.2, -0.15) is 0 Å². The summed E-state index contributed by atoms with van der Waals surface area (Å²) in [6.07, 6.45) is 4.21. The predicted molar refractivity (Wildman–Crippen MR) is 95.0 cm³/mol. The number of nitrogens with zero attached hydrogens (tertiary/aromatic N) is 2. The number of aromatic nitrogens is 2. The summed E-state index contributed by atoms with van der Waals surface area (Å²) >= 11 is 1.57. The van der Waals surface area contributed by atoms with Crippen molar-refractivity contribution in [1.82, 2.24) is 9.97 Å². The Morgan fingerprint density at radius 2 is 1.88 bits per heavy atom. The quantitative estimate of drug-likeness (QED) is 0.630. The maximum absolute atomic E-state index is 11.8. The third-order valence-corrected chi connectivity index (χ3v) is 4.92. The van der Waals surface area contributed by atoms with Crippen molar-refractivity contribution >= 4 is 17.1 Å². The Bertz CT molecular complexity index is 964. The average molecular weight is 330 g/mol. The smallest absolute Gasteiger partial charge is 0.167 e. The van der Waals surface area contributed by atoms with E-state index in [-0.39, 0.29) is 5.78 Å². The number of ketones is 1. The minimum atomic E-state index is 0.190. The van der Waals surface area contributed by atoms with Crippen LogP contribution in [0.2, 0.25) is 0 Å². The molecular weight excluding hydrogens is 316 g/mol. The fraction of sp³-hybridized carbons (Fsp3) is 0.150. The van der Waals surface area contributed by atoms with Gasteiger partial charge in [-0.15, -0.1) is 11.3 Å². The Kier molecular flexibility index (Phi) is 3.94. The van der Waals surface area contributed by atoms with Crippen molar-refractivity contribution < 1.29 is 4.79 Å². The highest BCUT2D eigenvalue weighted by molar-refractivity contribution is 7.15. The van der Waals surface area contributed by atoms with Crippen LogP contribution >= 0.6 is 11.3 Å². The van der Waals surface area contributed by atoms with E-state index in [0.29, 0.717) is 12.1 Å². The number of hydrogen-bond acceptors (Lipinski definition) is 4. The average Bonchev–Trinajstić information content (AvgIpc) is 3.10. The van der Waals surface area contributed by atoms with Gasteiger partial charge in [0.15, 0.2) is 10.8 Å². The number of carbonyl (C=O) groups excluding carboxylic acids is 1. The van der Waals surface area contributed by atoms with Crippen LogP contribution in [0.25, 0.3) is 10.4 Å². The van der Waals surface area contributed by atoms with E-state index in [4.69, 9.17) is 0 Å². The summed E-state index contributed by atoms with van der Waals surface area (Å²) in [6.45, 7) is 0. The maximum atomic E-state index is 11.8. The zero-order valence-corrected chi connectivity index (χ0v) is 13.8. The molecule has 1 aliphatic carbocycles. The summed E-state index contributed by atoms with van der Waals surface area (Å²) < 4.78 is 0. The lowest BCUT2D eigenvalue weighted by Crippen LogP contribution is -2.12. The van der Waals surface area contributed by atoms with Gasteiger partial charge in [-0.3, -0.25) is 4.79 Å². The predicted octanol–water partition coefficient (Wildman–Crippen LogP) is 4.12. The molecule has 2 heterocycles. The van der Waals surface area contributed by atoms with Crippen molar-refractivity contribution in [1.29, 1.82) is 0 Å². The molecule has 3 nitrogen and oxygen atoms in total. The van der Waals surface area contributed by atoms with Crippen molar-refractivity contribution in [3.05, 3.63) is 70.6 Å². The molecule has 0 saturated heterocycles. The summed E-state index contributed by atoms with van der Waals surface area (Å²) in [4.78, 5) is 21.8.